The Bertz CT molecular complexity index is 542. The number of carbonyl (C=O) groups is 2. The molecule has 7 nitrogen and oxygen atoms in total. The first-order valence-corrected chi connectivity index (χ1v) is 6.29. The van der Waals surface area contributed by atoms with Gasteiger partial charge in [0.15, 0.2) is 6.10 Å². The Hall–Kier alpha value is -2.38. The van der Waals surface area contributed by atoms with Gasteiger partial charge in [-0.1, -0.05) is 30.3 Å². The standard InChI is InChI=1S/C14H15NO6/c16-7-11(17)12-6-10(13(18)21-12)15-14(19)20-8-9-4-2-1-3-5-9/h1-6,11-12,16-17H,7-8H2,(H,15,19)/t11-,12-/m0/s1. The molecular weight excluding hydrogens is 278 g/mol. The minimum absolute atomic E-state index is 0.0672. The number of carbonyl (C=O) groups excluding carboxylic acids is 2. The molecule has 0 fully saturated rings. The first-order chi connectivity index (χ1) is 10.1. The van der Waals surface area contributed by atoms with Crippen molar-refractivity contribution in [3.05, 3.63) is 47.7 Å². The van der Waals surface area contributed by atoms with Crippen LogP contribution in [-0.2, 0) is 20.9 Å². The predicted molar refractivity (Wildman–Crippen MR) is 70.8 cm³/mol. The molecule has 1 aliphatic heterocycles. The molecule has 1 aliphatic rings. The normalized spacial score (nSPS) is 18.7. The molecule has 3 N–H and O–H groups in total. The Morgan fingerprint density at radius 1 is 1.38 bits per heavy atom. The van der Waals surface area contributed by atoms with Crippen LogP contribution in [0.15, 0.2) is 42.1 Å². The van der Waals surface area contributed by atoms with E-state index in [4.69, 9.17) is 14.6 Å². The SMILES string of the molecule is O=C(NC1=C[C@@H]([C@@H](O)CO)OC1=O)OCc1ccccc1. The van der Waals surface area contributed by atoms with Crippen LogP contribution < -0.4 is 5.32 Å². The highest BCUT2D eigenvalue weighted by molar-refractivity contribution is 5.94. The number of benzene rings is 1. The van der Waals surface area contributed by atoms with E-state index in [1.54, 1.807) is 12.1 Å². The van der Waals surface area contributed by atoms with Crippen LogP contribution in [-0.4, -0.2) is 41.1 Å². The van der Waals surface area contributed by atoms with Crippen LogP contribution >= 0.6 is 0 Å². The minimum atomic E-state index is -1.23. The monoisotopic (exact) mass is 293 g/mol. The van der Waals surface area contributed by atoms with E-state index in [2.05, 4.69) is 5.32 Å². The number of nitrogens with one attached hydrogen (secondary N) is 1. The minimum Gasteiger partial charge on any atom is -0.450 e. The molecule has 0 saturated carbocycles. The van der Waals surface area contributed by atoms with Gasteiger partial charge in [-0.2, -0.15) is 0 Å². The van der Waals surface area contributed by atoms with E-state index >= 15 is 0 Å². The van der Waals surface area contributed by atoms with Crippen LogP contribution in [0.5, 0.6) is 0 Å². The highest BCUT2D eigenvalue weighted by atomic mass is 16.6. The Kier molecular flexibility index (Phi) is 4.91. The molecule has 1 heterocycles. The Labute approximate surface area is 120 Å². The van der Waals surface area contributed by atoms with Gasteiger partial charge in [0.05, 0.1) is 6.61 Å². The predicted octanol–water partition coefficient (Wildman–Crippen LogP) is 0.0753. The first kappa shape index (κ1) is 15.0. The van der Waals surface area contributed by atoms with Gasteiger partial charge >= 0.3 is 12.1 Å². The maximum Gasteiger partial charge on any atom is 0.412 e. The van der Waals surface area contributed by atoms with Crippen LogP contribution in [0.1, 0.15) is 5.56 Å². The summed E-state index contributed by atoms with van der Waals surface area (Å²) in [4.78, 5) is 23.0. The summed E-state index contributed by atoms with van der Waals surface area (Å²) in [6.07, 6.45) is -1.78. The summed E-state index contributed by atoms with van der Waals surface area (Å²) < 4.78 is 9.73. The molecule has 1 amide bonds. The number of hydrogen-bond acceptors (Lipinski definition) is 6. The molecule has 0 unspecified atom stereocenters. The molecule has 1 aromatic carbocycles. The summed E-state index contributed by atoms with van der Waals surface area (Å²) in [5, 5.41) is 20.4. The van der Waals surface area contributed by atoms with E-state index in [-0.39, 0.29) is 12.3 Å². The quantitative estimate of drug-likeness (QED) is 0.664. The van der Waals surface area contributed by atoms with Gasteiger partial charge in [0.2, 0.25) is 0 Å². The number of alkyl carbamates (subject to hydrolysis) is 1. The van der Waals surface area contributed by atoms with Crippen LogP contribution in [0.3, 0.4) is 0 Å². The van der Waals surface area contributed by atoms with E-state index in [0.29, 0.717) is 0 Å². The summed E-state index contributed by atoms with van der Waals surface area (Å²) >= 11 is 0. The third-order valence-corrected chi connectivity index (χ3v) is 2.81. The number of rotatable bonds is 5. The van der Waals surface area contributed by atoms with E-state index in [9.17, 15) is 14.7 Å². The van der Waals surface area contributed by atoms with Crippen LogP contribution in [0, 0.1) is 0 Å². The third kappa shape index (κ3) is 4.04. The first-order valence-electron chi connectivity index (χ1n) is 6.29. The lowest BCUT2D eigenvalue weighted by molar-refractivity contribution is -0.144. The van der Waals surface area contributed by atoms with Gasteiger partial charge in [-0.05, 0) is 11.6 Å². The van der Waals surface area contributed by atoms with E-state index in [0.717, 1.165) is 5.56 Å². The number of amides is 1. The Balaban J connectivity index is 1.86. The van der Waals surface area contributed by atoms with Gasteiger partial charge in [-0.25, -0.2) is 9.59 Å². The van der Waals surface area contributed by atoms with Crippen LogP contribution in [0.25, 0.3) is 0 Å². The van der Waals surface area contributed by atoms with Crippen molar-refractivity contribution in [3.8, 4) is 0 Å². The number of ether oxygens (including phenoxy) is 2. The molecule has 2 atom stereocenters. The second-order valence-electron chi connectivity index (χ2n) is 4.39. The second kappa shape index (κ2) is 6.87. The third-order valence-electron chi connectivity index (χ3n) is 2.81. The summed E-state index contributed by atoms with van der Waals surface area (Å²) in [6.45, 7) is -0.488. The fraction of sp³-hybridized carbons (Fsp3) is 0.286. The fourth-order valence-electron chi connectivity index (χ4n) is 1.71. The smallest absolute Gasteiger partial charge is 0.412 e. The molecule has 112 valence electrons. The zero-order valence-electron chi connectivity index (χ0n) is 11.1. The molecule has 0 spiro atoms. The van der Waals surface area contributed by atoms with E-state index < -0.39 is 30.9 Å². The molecule has 0 bridgehead atoms. The highest BCUT2D eigenvalue weighted by Gasteiger charge is 2.31. The highest BCUT2D eigenvalue weighted by Crippen LogP contribution is 2.15. The van der Waals surface area contributed by atoms with Gasteiger partial charge in [-0.3, -0.25) is 5.32 Å². The largest absolute Gasteiger partial charge is 0.450 e. The maximum absolute atomic E-state index is 11.6. The Morgan fingerprint density at radius 3 is 2.76 bits per heavy atom. The van der Waals surface area contributed by atoms with Crippen molar-refractivity contribution in [1.82, 2.24) is 5.32 Å². The average Bonchev–Trinajstić information content (AvgIpc) is 2.86. The summed E-state index contributed by atoms with van der Waals surface area (Å²) in [6, 6.07) is 9.06. The van der Waals surface area contributed by atoms with Gasteiger partial charge in [0, 0.05) is 0 Å². The van der Waals surface area contributed by atoms with Crippen LogP contribution in [0.4, 0.5) is 4.79 Å². The lowest BCUT2D eigenvalue weighted by atomic mass is 10.2. The van der Waals surface area contributed by atoms with Crippen molar-refractivity contribution in [2.45, 2.75) is 18.8 Å². The molecular formula is C14H15NO6. The zero-order chi connectivity index (χ0) is 15.2. The number of aliphatic hydroxyl groups is 2. The molecule has 7 heteroatoms. The summed E-state index contributed by atoms with van der Waals surface area (Å²) in [7, 11) is 0. The van der Waals surface area contributed by atoms with Gasteiger partial charge in [-0.15, -0.1) is 0 Å². The second-order valence-corrected chi connectivity index (χ2v) is 4.39. The van der Waals surface area contributed by atoms with Crippen molar-refractivity contribution in [1.29, 1.82) is 0 Å². The van der Waals surface area contributed by atoms with E-state index in [1.165, 1.54) is 6.08 Å². The maximum atomic E-state index is 11.6. The molecule has 0 saturated heterocycles. The van der Waals surface area contributed by atoms with Crippen molar-refractivity contribution in [2.75, 3.05) is 6.61 Å². The lowest BCUT2D eigenvalue weighted by Crippen LogP contribution is -2.29. The van der Waals surface area contributed by atoms with Crippen molar-refractivity contribution in [3.63, 3.8) is 0 Å². The Morgan fingerprint density at radius 2 is 2.10 bits per heavy atom. The molecule has 0 aliphatic carbocycles. The average molecular weight is 293 g/mol. The molecule has 0 radical (unpaired) electrons. The van der Waals surface area contributed by atoms with Crippen molar-refractivity contribution < 1.29 is 29.3 Å². The zero-order valence-corrected chi connectivity index (χ0v) is 11.1. The van der Waals surface area contributed by atoms with Gasteiger partial charge in [0.25, 0.3) is 0 Å². The summed E-state index contributed by atoms with van der Waals surface area (Å²) in [5.74, 6) is -0.788. The number of hydrogen-bond donors (Lipinski definition) is 3. The topological polar surface area (TPSA) is 105 Å². The van der Waals surface area contributed by atoms with Gasteiger partial charge in [0.1, 0.15) is 18.4 Å². The summed E-state index contributed by atoms with van der Waals surface area (Å²) in [5.41, 5.74) is 0.690. The molecule has 2 rings (SSSR count). The number of cyclic esters (lactones) is 1. The lowest BCUT2D eigenvalue weighted by Gasteiger charge is -2.12. The molecule has 21 heavy (non-hydrogen) atoms. The van der Waals surface area contributed by atoms with Gasteiger partial charge < -0.3 is 19.7 Å². The fourth-order valence-corrected chi connectivity index (χ4v) is 1.71. The van der Waals surface area contributed by atoms with Crippen molar-refractivity contribution in [2.24, 2.45) is 0 Å². The molecule has 0 aromatic heterocycles. The number of esters is 1. The number of aliphatic hydroxyl groups excluding tert-OH is 2. The van der Waals surface area contributed by atoms with Crippen LogP contribution in [0.2, 0.25) is 0 Å². The van der Waals surface area contributed by atoms with Crippen molar-refractivity contribution >= 4 is 12.1 Å². The molecule has 1 aromatic rings. The van der Waals surface area contributed by atoms with E-state index in [1.807, 2.05) is 18.2 Å².